The zero-order chi connectivity index (χ0) is 11.4. The molecule has 0 aromatic carbocycles. The quantitative estimate of drug-likeness (QED) is 0.747. The van der Waals surface area contributed by atoms with Gasteiger partial charge in [-0.3, -0.25) is 0 Å². The van der Waals surface area contributed by atoms with Crippen LogP contribution >= 0.6 is 0 Å². The predicted octanol–water partition coefficient (Wildman–Crippen LogP) is 1.12. The van der Waals surface area contributed by atoms with Crippen LogP contribution in [-0.2, 0) is 0 Å². The van der Waals surface area contributed by atoms with Gasteiger partial charge >= 0.3 is 6.03 Å². The van der Waals surface area contributed by atoms with E-state index in [2.05, 4.69) is 0 Å². The lowest BCUT2D eigenvalue weighted by Gasteiger charge is -2.36. The molecule has 1 fully saturated rings. The third-order valence-corrected chi connectivity index (χ3v) is 3.20. The number of nitrogens with zero attached hydrogens (tertiary/aromatic N) is 2. The summed E-state index contributed by atoms with van der Waals surface area (Å²) in [7, 11) is 1.86. The monoisotopic (exact) mass is 213 g/mol. The Morgan fingerprint density at radius 1 is 1.60 bits per heavy atom. The minimum absolute atomic E-state index is 0.142. The number of piperidine rings is 1. The van der Waals surface area contributed by atoms with Crippen molar-refractivity contribution >= 4 is 6.03 Å². The summed E-state index contributed by atoms with van der Waals surface area (Å²) in [4.78, 5) is 15.7. The Balaban J connectivity index is 2.52. The van der Waals surface area contributed by atoms with Crippen LogP contribution in [0, 0.1) is 5.92 Å². The van der Waals surface area contributed by atoms with Gasteiger partial charge in [-0.25, -0.2) is 4.79 Å². The van der Waals surface area contributed by atoms with E-state index in [0.29, 0.717) is 12.5 Å². The maximum atomic E-state index is 12.0. The lowest BCUT2D eigenvalue weighted by molar-refractivity contribution is 0.129. The number of rotatable bonds is 2. The van der Waals surface area contributed by atoms with Crippen LogP contribution in [-0.4, -0.2) is 48.6 Å². The van der Waals surface area contributed by atoms with Gasteiger partial charge in [-0.2, -0.15) is 0 Å². The molecule has 0 aliphatic carbocycles. The first-order chi connectivity index (χ1) is 7.06. The second-order valence-corrected chi connectivity index (χ2v) is 4.68. The lowest BCUT2D eigenvalue weighted by atomic mass is 9.98. The van der Waals surface area contributed by atoms with E-state index >= 15 is 0 Å². The highest BCUT2D eigenvalue weighted by Gasteiger charge is 2.25. The van der Waals surface area contributed by atoms with Gasteiger partial charge in [0.05, 0.1) is 0 Å². The molecular formula is C11H23N3O. The molecule has 88 valence electrons. The van der Waals surface area contributed by atoms with Crippen molar-refractivity contribution in [3.05, 3.63) is 0 Å². The first-order valence-electron chi connectivity index (χ1n) is 5.78. The molecular weight excluding hydrogens is 190 g/mol. The first-order valence-corrected chi connectivity index (χ1v) is 5.78. The second-order valence-electron chi connectivity index (χ2n) is 4.68. The van der Waals surface area contributed by atoms with Crippen molar-refractivity contribution in [3.63, 3.8) is 0 Å². The van der Waals surface area contributed by atoms with Gasteiger partial charge in [0, 0.05) is 26.2 Å². The molecule has 0 spiro atoms. The largest absolute Gasteiger partial charge is 0.330 e. The molecule has 1 aliphatic heterocycles. The Morgan fingerprint density at radius 2 is 2.27 bits per heavy atom. The van der Waals surface area contributed by atoms with Crippen molar-refractivity contribution in [1.82, 2.24) is 9.80 Å². The molecule has 1 unspecified atom stereocenters. The summed E-state index contributed by atoms with van der Waals surface area (Å²) in [6.07, 6.45) is 2.24. The maximum absolute atomic E-state index is 12.0. The Hall–Kier alpha value is -0.770. The molecule has 0 saturated carbocycles. The standard InChI is InChI=1S/C11H23N3O/c1-9(2)13(3)11(15)14-6-4-5-10(7-12)8-14/h9-10H,4-8,12H2,1-3H3. The van der Waals surface area contributed by atoms with Gasteiger partial charge in [0.1, 0.15) is 0 Å². The number of nitrogens with two attached hydrogens (primary N) is 1. The molecule has 0 aromatic rings. The van der Waals surface area contributed by atoms with Crippen LogP contribution in [0.1, 0.15) is 26.7 Å². The van der Waals surface area contributed by atoms with Crippen molar-refractivity contribution in [1.29, 1.82) is 0 Å². The summed E-state index contributed by atoms with van der Waals surface area (Å²) in [6, 6.07) is 0.402. The molecule has 4 nitrogen and oxygen atoms in total. The van der Waals surface area contributed by atoms with Gasteiger partial charge in [0.2, 0.25) is 0 Å². The third kappa shape index (κ3) is 3.09. The molecule has 0 radical (unpaired) electrons. The summed E-state index contributed by atoms with van der Waals surface area (Å²) in [5.41, 5.74) is 5.65. The summed E-state index contributed by atoms with van der Waals surface area (Å²) in [6.45, 7) is 6.46. The van der Waals surface area contributed by atoms with E-state index in [1.165, 1.54) is 0 Å². The molecule has 1 saturated heterocycles. The van der Waals surface area contributed by atoms with Gasteiger partial charge < -0.3 is 15.5 Å². The summed E-state index contributed by atoms with van der Waals surface area (Å²) in [5.74, 6) is 0.489. The minimum Gasteiger partial charge on any atom is -0.330 e. The SMILES string of the molecule is CC(C)N(C)C(=O)N1CCCC(CN)C1. The van der Waals surface area contributed by atoms with Crippen LogP contribution < -0.4 is 5.73 Å². The fourth-order valence-electron chi connectivity index (χ4n) is 1.88. The number of hydrogen-bond donors (Lipinski definition) is 1. The van der Waals surface area contributed by atoms with E-state index in [0.717, 1.165) is 25.9 Å². The molecule has 1 rings (SSSR count). The van der Waals surface area contributed by atoms with E-state index in [-0.39, 0.29) is 12.1 Å². The molecule has 2 amide bonds. The van der Waals surface area contributed by atoms with Gasteiger partial charge in [0.25, 0.3) is 0 Å². The van der Waals surface area contributed by atoms with Gasteiger partial charge in [-0.15, -0.1) is 0 Å². The maximum Gasteiger partial charge on any atom is 0.319 e. The smallest absolute Gasteiger partial charge is 0.319 e. The summed E-state index contributed by atoms with van der Waals surface area (Å²) < 4.78 is 0. The Labute approximate surface area is 92.4 Å². The number of carbonyl (C=O) groups is 1. The second kappa shape index (κ2) is 5.35. The molecule has 0 bridgehead atoms. The topological polar surface area (TPSA) is 49.6 Å². The number of urea groups is 1. The normalized spacial score (nSPS) is 21.9. The molecule has 1 aliphatic rings. The molecule has 4 heteroatoms. The first kappa shape index (κ1) is 12.3. The highest BCUT2D eigenvalue weighted by molar-refractivity contribution is 5.74. The van der Waals surface area contributed by atoms with E-state index < -0.39 is 0 Å². The van der Waals surface area contributed by atoms with Crippen LogP contribution in [0.15, 0.2) is 0 Å². The number of amides is 2. The highest BCUT2D eigenvalue weighted by Crippen LogP contribution is 2.16. The van der Waals surface area contributed by atoms with Crippen molar-refractivity contribution in [2.75, 3.05) is 26.7 Å². The van der Waals surface area contributed by atoms with Crippen molar-refractivity contribution in [3.8, 4) is 0 Å². The zero-order valence-electron chi connectivity index (χ0n) is 10.1. The number of carbonyl (C=O) groups excluding carboxylic acids is 1. The third-order valence-electron chi connectivity index (χ3n) is 3.20. The van der Waals surface area contributed by atoms with Crippen molar-refractivity contribution in [2.24, 2.45) is 11.7 Å². The van der Waals surface area contributed by atoms with Crippen LogP contribution in [0.25, 0.3) is 0 Å². The number of likely N-dealkylation sites (tertiary alicyclic amines) is 1. The van der Waals surface area contributed by atoms with E-state index in [1.54, 1.807) is 4.90 Å². The Bertz CT molecular complexity index is 218. The highest BCUT2D eigenvalue weighted by atomic mass is 16.2. The Morgan fingerprint density at radius 3 is 2.80 bits per heavy atom. The van der Waals surface area contributed by atoms with E-state index in [4.69, 9.17) is 5.73 Å². The van der Waals surface area contributed by atoms with Crippen LogP contribution in [0.4, 0.5) is 4.79 Å². The lowest BCUT2D eigenvalue weighted by Crippen LogP contribution is -2.49. The Kier molecular flexibility index (Phi) is 4.39. The molecule has 15 heavy (non-hydrogen) atoms. The average Bonchev–Trinajstić information content (AvgIpc) is 2.27. The molecule has 0 aromatic heterocycles. The van der Waals surface area contributed by atoms with E-state index in [9.17, 15) is 4.79 Å². The fraction of sp³-hybridized carbons (Fsp3) is 0.909. The van der Waals surface area contributed by atoms with Crippen LogP contribution in [0.3, 0.4) is 0 Å². The fourth-order valence-corrected chi connectivity index (χ4v) is 1.88. The van der Waals surface area contributed by atoms with Gasteiger partial charge in [-0.1, -0.05) is 0 Å². The molecule has 1 atom stereocenters. The van der Waals surface area contributed by atoms with E-state index in [1.807, 2.05) is 25.8 Å². The van der Waals surface area contributed by atoms with Crippen molar-refractivity contribution < 1.29 is 4.79 Å². The summed E-state index contributed by atoms with van der Waals surface area (Å²) >= 11 is 0. The molecule has 1 heterocycles. The van der Waals surface area contributed by atoms with Crippen LogP contribution in [0.2, 0.25) is 0 Å². The minimum atomic E-state index is 0.142. The molecule has 2 N–H and O–H groups in total. The average molecular weight is 213 g/mol. The van der Waals surface area contributed by atoms with Crippen LogP contribution in [0.5, 0.6) is 0 Å². The zero-order valence-corrected chi connectivity index (χ0v) is 10.1. The number of hydrogen-bond acceptors (Lipinski definition) is 2. The predicted molar refractivity (Wildman–Crippen MR) is 61.6 cm³/mol. The van der Waals surface area contributed by atoms with Crippen molar-refractivity contribution in [2.45, 2.75) is 32.7 Å². The van der Waals surface area contributed by atoms with Gasteiger partial charge in [-0.05, 0) is 39.2 Å². The van der Waals surface area contributed by atoms with Gasteiger partial charge in [0.15, 0.2) is 0 Å². The summed E-state index contributed by atoms with van der Waals surface area (Å²) in [5, 5.41) is 0.